The lowest BCUT2D eigenvalue weighted by Crippen LogP contribution is -2.16. The Labute approximate surface area is 120 Å². The second kappa shape index (κ2) is 5.37. The second-order valence-electron chi connectivity index (χ2n) is 5.76. The number of benzene rings is 2. The molecule has 0 aliphatic heterocycles. The molecule has 0 aliphatic rings. The average molecular weight is 271 g/mol. The zero-order chi connectivity index (χ0) is 15.0. The third-order valence-electron chi connectivity index (χ3n) is 3.87. The Bertz CT molecular complexity index is 612. The molecular weight excluding hydrogens is 249 g/mol. The minimum Gasteiger partial charge on any atom is -0.320 e. The van der Waals surface area contributed by atoms with E-state index >= 15 is 0 Å². The monoisotopic (exact) mass is 271 g/mol. The predicted molar refractivity (Wildman–Crippen MR) is 82.6 cm³/mol. The van der Waals surface area contributed by atoms with Gasteiger partial charge in [0.25, 0.3) is 0 Å². The van der Waals surface area contributed by atoms with Crippen molar-refractivity contribution in [1.82, 2.24) is 0 Å². The number of halogens is 1. The fourth-order valence-electron chi connectivity index (χ4n) is 3.01. The van der Waals surface area contributed by atoms with Crippen LogP contribution in [-0.4, -0.2) is 0 Å². The second-order valence-corrected chi connectivity index (χ2v) is 5.76. The van der Waals surface area contributed by atoms with Crippen LogP contribution in [0, 0.1) is 40.4 Å². The summed E-state index contributed by atoms with van der Waals surface area (Å²) < 4.78 is 13.7. The lowest BCUT2D eigenvalue weighted by molar-refractivity contribution is 0.607. The van der Waals surface area contributed by atoms with Gasteiger partial charge in [-0.05, 0) is 68.0 Å². The highest BCUT2D eigenvalue weighted by Crippen LogP contribution is 2.29. The van der Waals surface area contributed by atoms with Crippen molar-refractivity contribution in [2.75, 3.05) is 0 Å². The third kappa shape index (κ3) is 2.61. The summed E-state index contributed by atoms with van der Waals surface area (Å²) in [5.74, 6) is -0.140. The Morgan fingerprint density at radius 3 is 1.70 bits per heavy atom. The molecule has 2 aromatic carbocycles. The fourth-order valence-corrected chi connectivity index (χ4v) is 3.01. The van der Waals surface area contributed by atoms with Crippen molar-refractivity contribution in [2.24, 2.45) is 5.73 Å². The zero-order valence-corrected chi connectivity index (χ0v) is 12.8. The van der Waals surface area contributed by atoms with Gasteiger partial charge in [0.2, 0.25) is 0 Å². The molecule has 0 saturated heterocycles. The van der Waals surface area contributed by atoms with Gasteiger partial charge < -0.3 is 5.73 Å². The van der Waals surface area contributed by atoms with Crippen molar-refractivity contribution < 1.29 is 4.39 Å². The maximum Gasteiger partial charge on any atom is 0.129 e. The van der Waals surface area contributed by atoms with Crippen LogP contribution in [0.4, 0.5) is 4.39 Å². The summed E-state index contributed by atoms with van der Waals surface area (Å²) in [7, 11) is 0. The van der Waals surface area contributed by atoms with E-state index in [0.29, 0.717) is 11.1 Å². The van der Waals surface area contributed by atoms with Gasteiger partial charge in [0.15, 0.2) is 0 Å². The first-order chi connectivity index (χ1) is 9.31. The van der Waals surface area contributed by atoms with E-state index in [0.717, 1.165) is 11.1 Å². The number of aryl methyl sites for hydroxylation is 5. The highest BCUT2D eigenvalue weighted by Gasteiger charge is 2.16. The standard InChI is InChI=1S/C18H22FN/c1-10-6-11(2)16(12(3)7-10)18(20)15-8-13(4)17(19)14(5)9-15/h6-9,18H,20H2,1-5H3. The van der Waals surface area contributed by atoms with E-state index in [1.807, 2.05) is 12.1 Å². The van der Waals surface area contributed by atoms with Gasteiger partial charge in [0.05, 0.1) is 6.04 Å². The third-order valence-corrected chi connectivity index (χ3v) is 3.87. The van der Waals surface area contributed by atoms with Crippen LogP contribution in [0.15, 0.2) is 24.3 Å². The predicted octanol–water partition coefficient (Wildman–Crippen LogP) is 4.42. The van der Waals surface area contributed by atoms with Crippen LogP contribution in [0.5, 0.6) is 0 Å². The molecule has 0 amide bonds. The highest BCUT2D eigenvalue weighted by molar-refractivity contribution is 5.45. The largest absolute Gasteiger partial charge is 0.320 e. The van der Waals surface area contributed by atoms with Crippen LogP contribution in [0.25, 0.3) is 0 Å². The molecule has 0 spiro atoms. The maximum absolute atomic E-state index is 13.7. The Kier molecular flexibility index (Phi) is 3.96. The number of rotatable bonds is 2. The smallest absolute Gasteiger partial charge is 0.129 e. The molecule has 20 heavy (non-hydrogen) atoms. The van der Waals surface area contributed by atoms with E-state index in [1.54, 1.807) is 13.8 Å². The topological polar surface area (TPSA) is 26.0 Å². The minimum absolute atomic E-state index is 0.140. The van der Waals surface area contributed by atoms with Crippen molar-refractivity contribution in [1.29, 1.82) is 0 Å². The SMILES string of the molecule is Cc1cc(C)c(C(N)c2cc(C)c(F)c(C)c2)c(C)c1. The van der Waals surface area contributed by atoms with Gasteiger partial charge in [-0.2, -0.15) is 0 Å². The molecule has 2 heteroatoms. The summed E-state index contributed by atoms with van der Waals surface area (Å²) in [5.41, 5.74) is 13.5. The lowest BCUT2D eigenvalue weighted by Gasteiger charge is -2.20. The quantitative estimate of drug-likeness (QED) is 0.860. The van der Waals surface area contributed by atoms with Gasteiger partial charge >= 0.3 is 0 Å². The molecule has 0 aliphatic carbocycles. The van der Waals surface area contributed by atoms with Crippen molar-refractivity contribution in [3.8, 4) is 0 Å². The average Bonchev–Trinajstić information content (AvgIpc) is 2.33. The summed E-state index contributed by atoms with van der Waals surface area (Å²) in [6.07, 6.45) is 0. The molecule has 0 saturated carbocycles. The van der Waals surface area contributed by atoms with Crippen LogP contribution in [0.3, 0.4) is 0 Å². The zero-order valence-electron chi connectivity index (χ0n) is 12.8. The maximum atomic E-state index is 13.7. The Morgan fingerprint density at radius 2 is 1.25 bits per heavy atom. The van der Waals surface area contributed by atoms with E-state index in [1.165, 1.54) is 16.7 Å². The van der Waals surface area contributed by atoms with Crippen molar-refractivity contribution in [3.63, 3.8) is 0 Å². The molecule has 1 unspecified atom stereocenters. The van der Waals surface area contributed by atoms with E-state index in [4.69, 9.17) is 5.73 Å². The molecule has 0 bridgehead atoms. The summed E-state index contributed by atoms with van der Waals surface area (Å²) in [5, 5.41) is 0. The molecule has 1 nitrogen and oxygen atoms in total. The van der Waals surface area contributed by atoms with Gasteiger partial charge in [0, 0.05) is 0 Å². The van der Waals surface area contributed by atoms with Crippen LogP contribution in [0.1, 0.15) is 45.0 Å². The molecule has 0 fully saturated rings. The van der Waals surface area contributed by atoms with Gasteiger partial charge in [-0.3, -0.25) is 0 Å². The molecule has 0 aromatic heterocycles. The molecule has 2 rings (SSSR count). The first-order valence-corrected chi connectivity index (χ1v) is 6.91. The summed E-state index contributed by atoms with van der Waals surface area (Å²) in [6, 6.07) is 7.78. The van der Waals surface area contributed by atoms with Gasteiger partial charge in [-0.15, -0.1) is 0 Å². The van der Waals surface area contributed by atoms with Crippen molar-refractivity contribution in [2.45, 2.75) is 40.7 Å². The molecule has 106 valence electrons. The first-order valence-electron chi connectivity index (χ1n) is 6.91. The van der Waals surface area contributed by atoms with E-state index in [9.17, 15) is 4.39 Å². The Balaban J connectivity index is 2.55. The van der Waals surface area contributed by atoms with Crippen LogP contribution < -0.4 is 5.73 Å². The van der Waals surface area contributed by atoms with Gasteiger partial charge in [-0.25, -0.2) is 4.39 Å². The Hall–Kier alpha value is -1.67. The normalized spacial score (nSPS) is 12.6. The molecular formula is C18H22FN. The van der Waals surface area contributed by atoms with Crippen LogP contribution in [-0.2, 0) is 0 Å². The number of nitrogens with two attached hydrogens (primary N) is 1. The Morgan fingerprint density at radius 1 is 0.800 bits per heavy atom. The molecule has 0 heterocycles. The van der Waals surface area contributed by atoms with E-state index < -0.39 is 0 Å². The number of hydrogen-bond acceptors (Lipinski definition) is 1. The molecule has 1 atom stereocenters. The summed E-state index contributed by atoms with van der Waals surface area (Å²) in [6.45, 7) is 9.82. The lowest BCUT2D eigenvalue weighted by atomic mass is 9.89. The van der Waals surface area contributed by atoms with Crippen molar-refractivity contribution >= 4 is 0 Å². The molecule has 2 aromatic rings. The van der Waals surface area contributed by atoms with Crippen LogP contribution in [0.2, 0.25) is 0 Å². The highest BCUT2D eigenvalue weighted by atomic mass is 19.1. The molecule has 0 radical (unpaired) electrons. The van der Waals surface area contributed by atoms with E-state index in [-0.39, 0.29) is 11.9 Å². The number of hydrogen-bond donors (Lipinski definition) is 1. The minimum atomic E-state index is -0.214. The van der Waals surface area contributed by atoms with E-state index in [2.05, 4.69) is 32.9 Å². The summed E-state index contributed by atoms with van der Waals surface area (Å²) >= 11 is 0. The molecule has 2 N–H and O–H groups in total. The van der Waals surface area contributed by atoms with Crippen LogP contribution >= 0.6 is 0 Å². The first kappa shape index (κ1) is 14.7. The van der Waals surface area contributed by atoms with Crippen molar-refractivity contribution in [3.05, 3.63) is 69.0 Å². The summed E-state index contributed by atoms with van der Waals surface area (Å²) in [4.78, 5) is 0. The fraction of sp³-hybridized carbons (Fsp3) is 0.333. The van der Waals surface area contributed by atoms with Gasteiger partial charge in [0.1, 0.15) is 5.82 Å². The van der Waals surface area contributed by atoms with Gasteiger partial charge in [-0.1, -0.05) is 29.8 Å².